The van der Waals surface area contributed by atoms with E-state index in [0.29, 0.717) is 0 Å². The zero-order valence-electron chi connectivity index (χ0n) is 4.63. The lowest BCUT2D eigenvalue weighted by Gasteiger charge is -1.90. The summed E-state index contributed by atoms with van der Waals surface area (Å²) in [6.45, 7) is 0. The van der Waals surface area contributed by atoms with Crippen molar-refractivity contribution in [1.82, 2.24) is 5.43 Å². The van der Waals surface area contributed by atoms with E-state index in [1.54, 1.807) is 6.20 Å². The lowest BCUT2D eigenvalue weighted by atomic mass is 10.6. The topological polar surface area (TPSA) is 36.8 Å². The number of hydrogen-bond donors (Lipinski definition) is 1. The third kappa shape index (κ3) is 1.30. The summed E-state index contributed by atoms with van der Waals surface area (Å²) in [4.78, 5) is 0. The van der Waals surface area contributed by atoms with Crippen LogP contribution in [-0.4, -0.2) is 10.2 Å². The maximum atomic E-state index is 3.62. The SMILES string of the molecule is [SiH3]C1=CC=CN=NN1. The van der Waals surface area contributed by atoms with Crippen LogP contribution in [-0.2, 0) is 0 Å². The second kappa shape index (κ2) is 2.42. The van der Waals surface area contributed by atoms with Crippen LogP contribution in [0.1, 0.15) is 0 Å². The first-order valence-corrected chi connectivity index (χ1v) is 3.39. The third-order valence-electron chi connectivity index (χ3n) is 0.783. The molecular formula is C4H7N3Si. The van der Waals surface area contributed by atoms with Crippen molar-refractivity contribution in [2.75, 3.05) is 0 Å². The van der Waals surface area contributed by atoms with Crippen molar-refractivity contribution in [2.24, 2.45) is 10.3 Å². The summed E-state index contributed by atoms with van der Waals surface area (Å²) in [6, 6.07) is 0. The monoisotopic (exact) mass is 125 g/mol. The molecule has 0 aromatic rings. The molecule has 0 atom stereocenters. The summed E-state index contributed by atoms with van der Waals surface area (Å²) in [7, 11) is 0.993. The number of hydrogen-bond acceptors (Lipinski definition) is 3. The molecule has 1 heterocycles. The van der Waals surface area contributed by atoms with E-state index in [2.05, 4.69) is 15.8 Å². The lowest BCUT2D eigenvalue weighted by Crippen LogP contribution is -2.01. The van der Waals surface area contributed by atoms with Gasteiger partial charge in [0.2, 0.25) is 0 Å². The Morgan fingerprint density at radius 3 is 3.38 bits per heavy atom. The first kappa shape index (κ1) is 5.24. The van der Waals surface area contributed by atoms with Gasteiger partial charge in [-0.1, -0.05) is 5.22 Å². The Morgan fingerprint density at radius 2 is 2.50 bits per heavy atom. The van der Waals surface area contributed by atoms with Crippen molar-refractivity contribution < 1.29 is 0 Å². The molecule has 0 radical (unpaired) electrons. The van der Waals surface area contributed by atoms with Gasteiger partial charge in [-0.2, -0.15) is 0 Å². The minimum absolute atomic E-state index is 0.993. The van der Waals surface area contributed by atoms with Gasteiger partial charge in [-0.25, -0.2) is 0 Å². The maximum Gasteiger partial charge on any atom is 0.0615 e. The molecule has 0 bridgehead atoms. The van der Waals surface area contributed by atoms with Gasteiger partial charge in [0.25, 0.3) is 0 Å². The molecule has 1 aliphatic rings. The van der Waals surface area contributed by atoms with Gasteiger partial charge in [-0.15, -0.1) is 5.11 Å². The molecule has 0 fully saturated rings. The van der Waals surface area contributed by atoms with Gasteiger partial charge in [0.15, 0.2) is 0 Å². The molecule has 0 spiro atoms. The number of nitrogens with zero attached hydrogens (tertiary/aromatic N) is 2. The van der Waals surface area contributed by atoms with Crippen molar-refractivity contribution in [3.63, 3.8) is 0 Å². The van der Waals surface area contributed by atoms with Crippen molar-refractivity contribution in [3.05, 3.63) is 23.7 Å². The Hall–Kier alpha value is -0.903. The molecule has 0 saturated carbocycles. The van der Waals surface area contributed by atoms with Gasteiger partial charge in [0.05, 0.1) is 16.4 Å². The number of allylic oxidation sites excluding steroid dienone is 2. The molecule has 1 rings (SSSR count). The zero-order chi connectivity index (χ0) is 5.82. The second-order valence-corrected chi connectivity index (χ2v) is 2.60. The second-order valence-electron chi connectivity index (χ2n) is 1.52. The molecule has 0 amide bonds. The number of rotatable bonds is 0. The van der Waals surface area contributed by atoms with E-state index in [9.17, 15) is 0 Å². The Kier molecular flexibility index (Phi) is 1.58. The highest BCUT2D eigenvalue weighted by Crippen LogP contribution is 1.89. The predicted molar refractivity (Wildman–Crippen MR) is 35.2 cm³/mol. The first-order valence-electron chi connectivity index (χ1n) is 2.39. The summed E-state index contributed by atoms with van der Waals surface area (Å²) < 4.78 is 0. The Morgan fingerprint density at radius 1 is 1.62 bits per heavy atom. The average Bonchev–Trinajstić information content (AvgIpc) is 1.94. The predicted octanol–water partition coefficient (Wildman–Crippen LogP) is -0.323. The minimum Gasteiger partial charge on any atom is -0.269 e. The van der Waals surface area contributed by atoms with Gasteiger partial charge in [-0.05, 0) is 12.2 Å². The van der Waals surface area contributed by atoms with Crippen LogP contribution in [0.15, 0.2) is 34.0 Å². The fraction of sp³-hybridized carbons (Fsp3) is 0. The van der Waals surface area contributed by atoms with Gasteiger partial charge >= 0.3 is 0 Å². The van der Waals surface area contributed by atoms with Crippen LogP contribution in [0.4, 0.5) is 0 Å². The standard InChI is InChI=1S/C4H7N3Si/c8-4-2-1-3-5-7-6-4/h1-3H,8H3,(H,5,6). The molecule has 1 aliphatic heterocycles. The molecule has 0 aliphatic carbocycles. The van der Waals surface area contributed by atoms with E-state index >= 15 is 0 Å². The highest BCUT2D eigenvalue weighted by atomic mass is 28.1. The molecule has 1 N–H and O–H groups in total. The summed E-state index contributed by atoms with van der Waals surface area (Å²) in [5, 5.41) is 8.37. The molecule has 4 heteroatoms. The summed E-state index contributed by atoms with van der Waals surface area (Å²) >= 11 is 0. The number of nitrogens with one attached hydrogen (secondary N) is 1. The van der Waals surface area contributed by atoms with E-state index in [0.717, 1.165) is 15.6 Å². The fourth-order valence-corrected chi connectivity index (χ4v) is 0.697. The molecule has 0 saturated heterocycles. The van der Waals surface area contributed by atoms with Gasteiger partial charge in [-0.3, -0.25) is 5.43 Å². The maximum absolute atomic E-state index is 3.62. The van der Waals surface area contributed by atoms with E-state index in [4.69, 9.17) is 0 Å². The summed E-state index contributed by atoms with van der Waals surface area (Å²) in [5.41, 5.74) is 2.76. The Bertz CT molecular complexity index is 159. The molecule has 3 nitrogen and oxygen atoms in total. The van der Waals surface area contributed by atoms with Crippen LogP contribution >= 0.6 is 0 Å². The summed E-state index contributed by atoms with van der Waals surface area (Å²) in [6.07, 6.45) is 5.48. The smallest absolute Gasteiger partial charge is 0.0615 e. The van der Waals surface area contributed by atoms with E-state index in [1.807, 2.05) is 12.2 Å². The molecule has 0 aromatic heterocycles. The minimum atomic E-state index is 0.993. The van der Waals surface area contributed by atoms with E-state index < -0.39 is 0 Å². The van der Waals surface area contributed by atoms with Gasteiger partial charge < -0.3 is 0 Å². The molecule has 42 valence electrons. The lowest BCUT2D eigenvalue weighted by molar-refractivity contribution is 0.860. The Labute approximate surface area is 50.6 Å². The normalized spacial score (nSPS) is 17.2. The van der Waals surface area contributed by atoms with Crippen LogP contribution < -0.4 is 5.43 Å². The average molecular weight is 125 g/mol. The summed E-state index contributed by atoms with van der Waals surface area (Å²) in [5.74, 6) is 0. The fourth-order valence-electron chi connectivity index (χ4n) is 0.404. The quantitative estimate of drug-likeness (QED) is 0.442. The van der Waals surface area contributed by atoms with Crippen LogP contribution in [0.25, 0.3) is 0 Å². The zero-order valence-corrected chi connectivity index (χ0v) is 6.63. The third-order valence-corrected chi connectivity index (χ3v) is 1.34. The van der Waals surface area contributed by atoms with Crippen LogP contribution in [0.2, 0.25) is 0 Å². The highest BCUT2D eigenvalue weighted by Gasteiger charge is 1.82. The molecule has 8 heavy (non-hydrogen) atoms. The van der Waals surface area contributed by atoms with Crippen molar-refractivity contribution in [2.45, 2.75) is 0 Å². The van der Waals surface area contributed by atoms with Crippen LogP contribution in [0, 0.1) is 0 Å². The first-order chi connectivity index (χ1) is 3.89. The van der Waals surface area contributed by atoms with Crippen LogP contribution in [0.3, 0.4) is 0 Å². The largest absolute Gasteiger partial charge is 0.269 e. The van der Waals surface area contributed by atoms with Gasteiger partial charge in [0, 0.05) is 5.32 Å². The van der Waals surface area contributed by atoms with E-state index in [1.165, 1.54) is 0 Å². The Balaban J connectivity index is 2.69. The van der Waals surface area contributed by atoms with Crippen LogP contribution in [0.5, 0.6) is 0 Å². The molecular weight excluding hydrogens is 118 g/mol. The van der Waals surface area contributed by atoms with Crippen molar-refractivity contribution in [1.29, 1.82) is 0 Å². The van der Waals surface area contributed by atoms with Crippen molar-refractivity contribution in [3.8, 4) is 0 Å². The molecule has 0 unspecified atom stereocenters. The highest BCUT2D eigenvalue weighted by molar-refractivity contribution is 6.21. The van der Waals surface area contributed by atoms with Crippen molar-refractivity contribution >= 4 is 10.2 Å². The van der Waals surface area contributed by atoms with Gasteiger partial charge in [0.1, 0.15) is 0 Å². The van der Waals surface area contributed by atoms with E-state index in [-0.39, 0.29) is 0 Å². The molecule has 0 aromatic carbocycles.